The Bertz CT molecular complexity index is 197. The van der Waals surface area contributed by atoms with Gasteiger partial charge in [-0.25, -0.2) is 13.1 Å². The molecule has 0 rings (SSSR count). The predicted octanol–water partition coefficient (Wildman–Crippen LogP) is 0.0867. The van der Waals surface area contributed by atoms with Gasteiger partial charge in [0.1, 0.15) is 0 Å². The number of hydrogen-bond donors (Lipinski definition) is 2. The van der Waals surface area contributed by atoms with Gasteiger partial charge in [0.15, 0.2) is 0 Å². The molecule has 0 aliphatic rings. The molecule has 0 saturated carbocycles. The maximum Gasteiger partial charge on any atom is 0.211 e. The predicted molar refractivity (Wildman–Crippen MR) is 48.4 cm³/mol. The molecule has 5 heteroatoms. The van der Waals surface area contributed by atoms with Crippen molar-refractivity contribution in [3.8, 4) is 0 Å². The molecule has 12 heavy (non-hydrogen) atoms. The molecule has 0 bridgehead atoms. The molecule has 0 aromatic rings. The molecule has 0 aromatic carbocycles. The highest BCUT2D eigenvalue weighted by Gasteiger charge is 2.13. The van der Waals surface area contributed by atoms with Crippen LogP contribution in [0.25, 0.3) is 0 Å². The minimum absolute atomic E-state index is 0.128. The minimum Gasteiger partial charge on any atom is -0.395 e. The maximum atomic E-state index is 11.1. The Morgan fingerprint density at radius 1 is 1.42 bits per heavy atom. The summed E-state index contributed by atoms with van der Waals surface area (Å²) >= 11 is 0. The zero-order valence-corrected chi connectivity index (χ0v) is 8.39. The van der Waals surface area contributed by atoms with Crippen molar-refractivity contribution in [2.24, 2.45) is 0 Å². The average molecular weight is 195 g/mol. The highest BCUT2D eigenvalue weighted by atomic mass is 32.2. The van der Waals surface area contributed by atoms with Gasteiger partial charge in [-0.05, 0) is 12.8 Å². The third-order valence-electron chi connectivity index (χ3n) is 1.53. The number of hydrogen-bond acceptors (Lipinski definition) is 3. The van der Waals surface area contributed by atoms with Crippen molar-refractivity contribution in [3.63, 3.8) is 0 Å². The average Bonchev–Trinajstić information content (AvgIpc) is 2.00. The summed E-state index contributed by atoms with van der Waals surface area (Å²) in [6.07, 6.45) is 1.21. The number of rotatable bonds is 6. The summed E-state index contributed by atoms with van der Waals surface area (Å²) in [4.78, 5) is 0. The van der Waals surface area contributed by atoms with Crippen molar-refractivity contribution in [2.75, 3.05) is 12.4 Å². The van der Waals surface area contributed by atoms with Crippen LogP contribution in [0.1, 0.15) is 26.7 Å². The van der Waals surface area contributed by atoms with E-state index in [1.165, 1.54) is 0 Å². The molecule has 74 valence electrons. The SMILES string of the molecule is CCCS(=O)(=O)N[C@@H](CC)CO. The van der Waals surface area contributed by atoms with Crippen molar-refractivity contribution in [1.29, 1.82) is 0 Å². The normalized spacial score (nSPS) is 14.6. The lowest BCUT2D eigenvalue weighted by atomic mass is 10.3. The molecule has 0 spiro atoms. The van der Waals surface area contributed by atoms with Crippen LogP contribution in [0, 0.1) is 0 Å². The van der Waals surface area contributed by atoms with Crippen molar-refractivity contribution < 1.29 is 13.5 Å². The van der Waals surface area contributed by atoms with E-state index in [1.807, 2.05) is 6.92 Å². The van der Waals surface area contributed by atoms with Crippen molar-refractivity contribution in [2.45, 2.75) is 32.7 Å². The fraction of sp³-hybridized carbons (Fsp3) is 1.00. The van der Waals surface area contributed by atoms with Crippen LogP contribution >= 0.6 is 0 Å². The standard InChI is InChI=1S/C7H17NO3S/c1-3-5-12(10,11)8-7(4-2)6-9/h7-9H,3-6H2,1-2H3/t7-/m0/s1. The molecule has 0 radical (unpaired) electrons. The van der Waals surface area contributed by atoms with Crippen LogP contribution in [0.15, 0.2) is 0 Å². The lowest BCUT2D eigenvalue weighted by molar-refractivity contribution is 0.254. The van der Waals surface area contributed by atoms with Crippen LogP contribution in [-0.4, -0.2) is 31.9 Å². The Morgan fingerprint density at radius 3 is 2.33 bits per heavy atom. The lowest BCUT2D eigenvalue weighted by Gasteiger charge is -2.13. The van der Waals surface area contributed by atoms with Gasteiger partial charge in [0.05, 0.1) is 12.4 Å². The molecule has 0 saturated heterocycles. The first-order chi connectivity index (χ1) is 5.55. The monoisotopic (exact) mass is 195 g/mol. The minimum atomic E-state index is -3.17. The zero-order valence-electron chi connectivity index (χ0n) is 7.58. The topological polar surface area (TPSA) is 66.4 Å². The molecular formula is C7H17NO3S. The van der Waals surface area contributed by atoms with E-state index in [1.54, 1.807) is 6.92 Å². The number of sulfonamides is 1. The van der Waals surface area contributed by atoms with Crippen molar-refractivity contribution in [1.82, 2.24) is 4.72 Å². The van der Waals surface area contributed by atoms with Crippen molar-refractivity contribution in [3.05, 3.63) is 0 Å². The molecule has 4 nitrogen and oxygen atoms in total. The van der Waals surface area contributed by atoms with E-state index in [0.717, 1.165) is 0 Å². The molecule has 1 atom stereocenters. The van der Waals surface area contributed by atoms with Crippen LogP contribution < -0.4 is 4.72 Å². The van der Waals surface area contributed by atoms with E-state index in [4.69, 9.17) is 5.11 Å². The van der Waals surface area contributed by atoms with E-state index in [-0.39, 0.29) is 18.4 Å². The van der Waals surface area contributed by atoms with Crippen molar-refractivity contribution >= 4 is 10.0 Å². The number of nitrogens with one attached hydrogen (secondary N) is 1. The summed E-state index contributed by atoms with van der Waals surface area (Å²) < 4.78 is 24.7. The molecule has 0 unspecified atom stereocenters. The van der Waals surface area contributed by atoms with Gasteiger partial charge in [0.2, 0.25) is 10.0 Å². The van der Waals surface area contributed by atoms with Gasteiger partial charge in [-0.1, -0.05) is 13.8 Å². The first-order valence-electron chi connectivity index (χ1n) is 4.16. The molecule has 0 fully saturated rings. The Morgan fingerprint density at radius 2 is 2.00 bits per heavy atom. The van der Waals surface area contributed by atoms with Crippen LogP contribution in [0.3, 0.4) is 0 Å². The van der Waals surface area contributed by atoms with Gasteiger partial charge in [0.25, 0.3) is 0 Å². The Kier molecular flexibility index (Phi) is 5.44. The first-order valence-corrected chi connectivity index (χ1v) is 5.81. The van der Waals surface area contributed by atoms with Gasteiger partial charge in [-0.2, -0.15) is 0 Å². The van der Waals surface area contributed by atoms with E-state index in [2.05, 4.69) is 4.72 Å². The van der Waals surface area contributed by atoms with Gasteiger partial charge in [-0.15, -0.1) is 0 Å². The van der Waals surface area contributed by atoms with Crippen LogP contribution in [0.2, 0.25) is 0 Å². The van der Waals surface area contributed by atoms with Gasteiger partial charge in [-0.3, -0.25) is 0 Å². The smallest absolute Gasteiger partial charge is 0.211 e. The highest BCUT2D eigenvalue weighted by Crippen LogP contribution is 1.95. The summed E-state index contributed by atoms with van der Waals surface area (Å²) in [7, 11) is -3.17. The van der Waals surface area contributed by atoms with E-state index >= 15 is 0 Å². The summed E-state index contributed by atoms with van der Waals surface area (Å²) in [6, 6.07) is -0.332. The molecular weight excluding hydrogens is 178 g/mol. The second-order valence-corrected chi connectivity index (χ2v) is 4.60. The maximum absolute atomic E-state index is 11.1. The largest absolute Gasteiger partial charge is 0.395 e. The van der Waals surface area contributed by atoms with Crippen LogP contribution in [0.5, 0.6) is 0 Å². The van der Waals surface area contributed by atoms with Gasteiger partial charge < -0.3 is 5.11 Å². The lowest BCUT2D eigenvalue weighted by Crippen LogP contribution is -2.38. The van der Waals surface area contributed by atoms with Gasteiger partial charge >= 0.3 is 0 Å². The summed E-state index contributed by atoms with van der Waals surface area (Å²) in [5.74, 6) is 0.128. The number of aliphatic hydroxyl groups excluding tert-OH is 1. The summed E-state index contributed by atoms with van der Waals surface area (Å²) in [5, 5.41) is 8.73. The fourth-order valence-corrected chi connectivity index (χ4v) is 2.24. The summed E-state index contributed by atoms with van der Waals surface area (Å²) in [5.41, 5.74) is 0. The van der Waals surface area contributed by atoms with Gasteiger partial charge in [0, 0.05) is 6.04 Å². The fourth-order valence-electron chi connectivity index (χ4n) is 0.831. The Hall–Kier alpha value is -0.130. The van der Waals surface area contributed by atoms with Crippen LogP contribution in [0.4, 0.5) is 0 Å². The molecule has 2 N–H and O–H groups in total. The van der Waals surface area contributed by atoms with Crippen LogP contribution in [-0.2, 0) is 10.0 Å². The number of aliphatic hydroxyl groups is 1. The molecule has 0 amide bonds. The van der Waals surface area contributed by atoms with E-state index in [0.29, 0.717) is 12.8 Å². The first kappa shape index (κ1) is 11.9. The van der Waals surface area contributed by atoms with E-state index in [9.17, 15) is 8.42 Å². The Balaban J connectivity index is 4.03. The second-order valence-electron chi connectivity index (χ2n) is 2.72. The summed E-state index contributed by atoms with van der Waals surface area (Å²) in [6.45, 7) is 3.49. The molecule has 0 aliphatic carbocycles. The molecule has 0 aliphatic heterocycles. The molecule has 0 heterocycles. The highest BCUT2D eigenvalue weighted by molar-refractivity contribution is 7.89. The second kappa shape index (κ2) is 5.50. The molecule has 0 aromatic heterocycles. The zero-order chi connectivity index (χ0) is 9.61. The third kappa shape index (κ3) is 4.69. The van der Waals surface area contributed by atoms with E-state index < -0.39 is 10.0 Å². The quantitative estimate of drug-likeness (QED) is 0.631. The third-order valence-corrected chi connectivity index (χ3v) is 3.17. The Labute approximate surface area is 74.0 Å².